The molecule has 0 fully saturated rings. The molecule has 0 aromatic carbocycles. The number of hydrogen-bond donors (Lipinski definition) is 1. The molecule has 0 amide bonds. The Kier molecular flexibility index (Phi) is 3.38. The molecule has 1 aromatic rings. The molecule has 0 saturated heterocycles. The van der Waals surface area contributed by atoms with Gasteiger partial charge in [0.15, 0.2) is 0 Å². The van der Waals surface area contributed by atoms with Crippen LogP contribution in [0.2, 0.25) is 0 Å². The van der Waals surface area contributed by atoms with E-state index >= 15 is 0 Å². The zero-order valence-electron chi connectivity index (χ0n) is 9.14. The van der Waals surface area contributed by atoms with Gasteiger partial charge in [0.1, 0.15) is 0 Å². The van der Waals surface area contributed by atoms with Crippen molar-refractivity contribution in [3.05, 3.63) is 23.5 Å². The normalized spacial score (nSPS) is 13.9. The van der Waals surface area contributed by atoms with Gasteiger partial charge in [0.25, 0.3) is 0 Å². The Morgan fingerprint density at radius 2 is 2.29 bits per heavy atom. The molecule has 0 atom stereocenters. The Labute approximate surface area is 103 Å². The van der Waals surface area contributed by atoms with Crippen LogP contribution in [0, 0.1) is 0 Å². The van der Waals surface area contributed by atoms with Crippen molar-refractivity contribution in [2.45, 2.75) is 13.3 Å². The van der Waals surface area contributed by atoms with Crippen LogP contribution in [-0.2, 0) is 16.0 Å². The maximum absolute atomic E-state index is 11.3. The van der Waals surface area contributed by atoms with Crippen LogP contribution in [0.25, 0.3) is 0 Å². The standard InChI is InChI=1S/C10H10N4O2S/c1-2-16-8(15)5-6-3-4-7(11-6)9-12-10(17)14-13-9/h3-4,11H,2,5H2,1H3. The summed E-state index contributed by atoms with van der Waals surface area (Å²) in [6.45, 7) is 2.15. The van der Waals surface area contributed by atoms with Crippen molar-refractivity contribution in [3.63, 3.8) is 0 Å². The highest BCUT2D eigenvalue weighted by molar-refractivity contribution is 7.80. The van der Waals surface area contributed by atoms with Crippen molar-refractivity contribution in [1.82, 2.24) is 4.98 Å². The van der Waals surface area contributed by atoms with Crippen LogP contribution < -0.4 is 0 Å². The zero-order chi connectivity index (χ0) is 12.3. The lowest BCUT2D eigenvalue weighted by atomic mass is 10.3. The number of ether oxygens (including phenoxy) is 1. The van der Waals surface area contributed by atoms with Gasteiger partial charge in [-0.15, -0.1) is 10.2 Å². The third-order valence-electron chi connectivity index (χ3n) is 2.06. The molecule has 6 nitrogen and oxygen atoms in total. The van der Waals surface area contributed by atoms with E-state index in [4.69, 9.17) is 17.0 Å². The van der Waals surface area contributed by atoms with Gasteiger partial charge in [-0.3, -0.25) is 4.79 Å². The van der Waals surface area contributed by atoms with Crippen LogP contribution in [0.4, 0.5) is 0 Å². The van der Waals surface area contributed by atoms with Crippen molar-refractivity contribution >= 4 is 29.1 Å². The van der Waals surface area contributed by atoms with Crippen LogP contribution in [0.15, 0.2) is 27.4 Å². The van der Waals surface area contributed by atoms with Gasteiger partial charge in [-0.05, 0) is 31.3 Å². The SMILES string of the molecule is CCOC(=O)Cc1ccc(C2=NC(=S)N=N2)[nH]1. The summed E-state index contributed by atoms with van der Waals surface area (Å²) in [6.07, 6.45) is 0.197. The van der Waals surface area contributed by atoms with Crippen LogP contribution in [0.1, 0.15) is 18.3 Å². The molecule has 2 rings (SSSR count). The number of rotatable bonds is 4. The molecule has 1 aliphatic rings. The highest BCUT2D eigenvalue weighted by Gasteiger charge is 2.13. The average Bonchev–Trinajstić information content (AvgIpc) is 2.87. The topological polar surface area (TPSA) is 79.2 Å². The van der Waals surface area contributed by atoms with Gasteiger partial charge in [0.05, 0.1) is 18.7 Å². The minimum atomic E-state index is -0.272. The fourth-order valence-corrected chi connectivity index (χ4v) is 1.51. The molecule has 1 N–H and O–H groups in total. The minimum Gasteiger partial charge on any atom is -0.466 e. The second-order valence-electron chi connectivity index (χ2n) is 3.30. The number of carbonyl (C=O) groups excluding carboxylic acids is 1. The first-order valence-electron chi connectivity index (χ1n) is 5.07. The molecule has 0 unspecified atom stereocenters. The largest absolute Gasteiger partial charge is 0.466 e. The Morgan fingerprint density at radius 1 is 1.47 bits per heavy atom. The molecule has 17 heavy (non-hydrogen) atoms. The van der Waals surface area contributed by atoms with Crippen molar-refractivity contribution in [2.24, 2.45) is 15.2 Å². The number of hydrogen-bond acceptors (Lipinski definition) is 4. The summed E-state index contributed by atoms with van der Waals surface area (Å²) in [5, 5.41) is 7.65. The van der Waals surface area contributed by atoms with E-state index in [0.717, 1.165) is 5.69 Å². The first-order chi connectivity index (χ1) is 8.19. The first kappa shape index (κ1) is 11.6. The second-order valence-corrected chi connectivity index (χ2v) is 3.66. The molecule has 0 saturated carbocycles. The highest BCUT2D eigenvalue weighted by atomic mass is 32.1. The molecule has 1 aliphatic heterocycles. The molecule has 1 aromatic heterocycles. The summed E-state index contributed by atoms with van der Waals surface area (Å²) in [6, 6.07) is 3.56. The predicted molar refractivity (Wildman–Crippen MR) is 65.1 cm³/mol. The van der Waals surface area contributed by atoms with Crippen molar-refractivity contribution in [3.8, 4) is 0 Å². The molecular formula is C10H10N4O2S. The molecule has 0 spiro atoms. The number of H-pyrrole nitrogens is 1. The van der Waals surface area contributed by atoms with Gasteiger partial charge in [-0.25, -0.2) is 0 Å². The van der Waals surface area contributed by atoms with E-state index < -0.39 is 0 Å². The van der Waals surface area contributed by atoms with E-state index in [2.05, 4.69) is 20.2 Å². The van der Waals surface area contributed by atoms with E-state index in [0.29, 0.717) is 18.1 Å². The third kappa shape index (κ3) is 2.82. The van der Waals surface area contributed by atoms with Crippen molar-refractivity contribution in [1.29, 1.82) is 0 Å². The van der Waals surface area contributed by atoms with Crippen LogP contribution in [0.5, 0.6) is 0 Å². The smallest absolute Gasteiger partial charge is 0.311 e. The number of thiocarbonyl (C=S) groups is 1. The van der Waals surface area contributed by atoms with Crippen LogP contribution in [-0.4, -0.2) is 28.5 Å². The summed E-state index contributed by atoms with van der Waals surface area (Å²) >= 11 is 4.77. The number of azo groups is 1. The Balaban J connectivity index is 2.06. The molecule has 0 radical (unpaired) electrons. The lowest BCUT2D eigenvalue weighted by Gasteiger charge is -1.99. The number of amidine groups is 1. The van der Waals surface area contributed by atoms with Gasteiger partial charge in [-0.1, -0.05) is 0 Å². The number of aliphatic imine (C=N–C) groups is 1. The maximum Gasteiger partial charge on any atom is 0.311 e. The van der Waals surface area contributed by atoms with Crippen molar-refractivity contribution < 1.29 is 9.53 Å². The van der Waals surface area contributed by atoms with E-state index in [1.165, 1.54) is 0 Å². The Hall–Kier alpha value is -1.89. The lowest BCUT2D eigenvalue weighted by molar-refractivity contribution is -0.142. The van der Waals surface area contributed by atoms with E-state index in [1.807, 2.05) is 0 Å². The Morgan fingerprint density at radius 3 is 2.94 bits per heavy atom. The molecule has 88 valence electrons. The second kappa shape index (κ2) is 4.96. The Bertz CT molecular complexity index is 518. The van der Waals surface area contributed by atoms with Gasteiger partial charge in [0.2, 0.25) is 10.9 Å². The highest BCUT2D eigenvalue weighted by Crippen LogP contribution is 2.10. The van der Waals surface area contributed by atoms with Gasteiger partial charge in [-0.2, -0.15) is 4.99 Å². The molecule has 0 bridgehead atoms. The van der Waals surface area contributed by atoms with Gasteiger partial charge < -0.3 is 9.72 Å². The monoisotopic (exact) mass is 250 g/mol. The number of nitrogens with one attached hydrogen (secondary N) is 1. The number of aromatic amines is 1. The number of carbonyl (C=O) groups is 1. The van der Waals surface area contributed by atoms with E-state index in [1.54, 1.807) is 19.1 Å². The molecular weight excluding hydrogens is 240 g/mol. The van der Waals surface area contributed by atoms with E-state index in [-0.39, 0.29) is 17.5 Å². The number of nitrogens with zero attached hydrogens (tertiary/aromatic N) is 3. The first-order valence-corrected chi connectivity index (χ1v) is 5.48. The summed E-state index contributed by atoms with van der Waals surface area (Å²) in [5.41, 5.74) is 1.43. The fraction of sp³-hybridized carbons (Fsp3) is 0.300. The third-order valence-corrected chi connectivity index (χ3v) is 2.23. The summed E-state index contributed by atoms with van der Waals surface area (Å²) < 4.78 is 4.85. The maximum atomic E-state index is 11.3. The van der Waals surface area contributed by atoms with E-state index in [9.17, 15) is 4.79 Å². The quantitative estimate of drug-likeness (QED) is 0.651. The predicted octanol–water partition coefficient (Wildman–Crippen LogP) is 1.62. The zero-order valence-corrected chi connectivity index (χ0v) is 9.95. The van der Waals surface area contributed by atoms with Crippen LogP contribution in [0.3, 0.4) is 0 Å². The summed E-state index contributed by atoms with van der Waals surface area (Å²) in [5.74, 6) is 0.163. The average molecular weight is 250 g/mol. The van der Waals surface area contributed by atoms with Gasteiger partial charge >= 0.3 is 5.97 Å². The number of esters is 1. The lowest BCUT2D eigenvalue weighted by Crippen LogP contribution is -2.08. The summed E-state index contributed by atoms with van der Waals surface area (Å²) in [7, 11) is 0. The molecule has 0 aliphatic carbocycles. The molecule has 2 heterocycles. The minimum absolute atomic E-state index is 0.197. The fourth-order valence-electron chi connectivity index (χ4n) is 1.38. The van der Waals surface area contributed by atoms with Crippen molar-refractivity contribution in [2.75, 3.05) is 6.61 Å². The summed E-state index contributed by atoms with van der Waals surface area (Å²) in [4.78, 5) is 18.2. The van der Waals surface area contributed by atoms with Crippen LogP contribution >= 0.6 is 12.2 Å². The number of aromatic nitrogens is 1. The molecule has 7 heteroatoms. The van der Waals surface area contributed by atoms with Gasteiger partial charge in [0, 0.05) is 5.69 Å².